The van der Waals surface area contributed by atoms with Gasteiger partial charge in [0.05, 0.1) is 6.61 Å². The van der Waals surface area contributed by atoms with Crippen molar-refractivity contribution in [3.8, 4) is 0 Å². The smallest absolute Gasteiger partial charge is 0.238 e. The Bertz CT molecular complexity index is 144. The van der Waals surface area contributed by atoms with Gasteiger partial charge in [0, 0.05) is 13.1 Å². The molecule has 70 valence electrons. The maximum absolute atomic E-state index is 11.3. The molecule has 1 aliphatic heterocycles. The van der Waals surface area contributed by atoms with Crippen molar-refractivity contribution < 1.29 is 9.63 Å². The molecular weight excluding hydrogens is 156 g/mol. The molecule has 4 heteroatoms. The van der Waals surface area contributed by atoms with Gasteiger partial charge in [-0.2, -0.15) is 5.48 Å². The van der Waals surface area contributed by atoms with E-state index in [1.165, 1.54) is 0 Å². The lowest BCUT2D eigenvalue weighted by atomic mass is 10.4. The van der Waals surface area contributed by atoms with E-state index in [2.05, 4.69) is 5.48 Å². The van der Waals surface area contributed by atoms with Crippen molar-refractivity contribution in [2.75, 3.05) is 26.2 Å². The average Bonchev–Trinajstić information content (AvgIpc) is 2.56. The third kappa shape index (κ3) is 2.79. The van der Waals surface area contributed by atoms with E-state index in [4.69, 9.17) is 4.84 Å². The van der Waals surface area contributed by atoms with Crippen LogP contribution in [0, 0.1) is 0 Å². The van der Waals surface area contributed by atoms with Crippen LogP contribution in [0.2, 0.25) is 0 Å². The van der Waals surface area contributed by atoms with E-state index in [-0.39, 0.29) is 5.91 Å². The highest BCUT2D eigenvalue weighted by Gasteiger charge is 2.16. The van der Waals surface area contributed by atoms with Crippen LogP contribution in [0.3, 0.4) is 0 Å². The normalized spacial score (nSPS) is 16.9. The molecule has 0 aliphatic carbocycles. The first-order valence-corrected chi connectivity index (χ1v) is 4.47. The monoisotopic (exact) mass is 172 g/mol. The standard InChI is InChI=1S/C8H16N2O2/c1-2-12-9-7-8(11)10-5-3-4-6-10/h9H,2-7H2,1H3. The number of hydrogen-bond acceptors (Lipinski definition) is 3. The minimum atomic E-state index is 0.140. The van der Waals surface area contributed by atoms with E-state index in [1.54, 1.807) is 0 Å². The van der Waals surface area contributed by atoms with E-state index in [9.17, 15) is 4.79 Å². The lowest BCUT2D eigenvalue weighted by molar-refractivity contribution is -0.131. The number of rotatable bonds is 4. The van der Waals surface area contributed by atoms with Gasteiger partial charge in [-0.05, 0) is 19.8 Å². The second kappa shape index (κ2) is 5.11. The molecule has 1 fully saturated rings. The van der Waals surface area contributed by atoms with Gasteiger partial charge < -0.3 is 9.74 Å². The van der Waals surface area contributed by atoms with Crippen LogP contribution in [0.25, 0.3) is 0 Å². The van der Waals surface area contributed by atoms with Crippen LogP contribution in [-0.4, -0.2) is 37.0 Å². The fraction of sp³-hybridized carbons (Fsp3) is 0.875. The van der Waals surface area contributed by atoms with Crippen molar-refractivity contribution in [1.82, 2.24) is 10.4 Å². The van der Waals surface area contributed by atoms with E-state index in [1.807, 2.05) is 11.8 Å². The molecule has 0 unspecified atom stereocenters. The minimum absolute atomic E-state index is 0.140. The molecule has 1 rings (SSSR count). The Morgan fingerprint density at radius 2 is 2.17 bits per heavy atom. The van der Waals surface area contributed by atoms with Crippen LogP contribution < -0.4 is 5.48 Å². The number of carbonyl (C=O) groups is 1. The van der Waals surface area contributed by atoms with Crippen molar-refractivity contribution in [2.24, 2.45) is 0 Å². The van der Waals surface area contributed by atoms with E-state index >= 15 is 0 Å². The van der Waals surface area contributed by atoms with Gasteiger partial charge in [-0.15, -0.1) is 0 Å². The first kappa shape index (κ1) is 9.48. The van der Waals surface area contributed by atoms with Crippen molar-refractivity contribution in [3.05, 3.63) is 0 Å². The molecule has 4 nitrogen and oxygen atoms in total. The van der Waals surface area contributed by atoms with Crippen LogP contribution >= 0.6 is 0 Å². The van der Waals surface area contributed by atoms with Gasteiger partial charge in [-0.1, -0.05) is 0 Å². The van der Waals surface area contributed by atoms with Gasteiger partial charge in [-0.25, -0.2) is 0 Å². The molecule has 0 saturated carbocycles. The fourth-order valence-corrected chi connectivity index (χ4v) is 1.29. The first-order valence-electron chi connectivity index (χ1n) is 4.47. The maximum atomic E-state index is 11.3. The molecule has 1 amide bonds. The van der Waals surface area contributed by atoms with Crippen LogP contribution in [0.4, 0.5) is 0 Å². The summed E-state index contributed by atoms with van der Waals surface area (Å²) in [6.45, 7) is 4.59. The third-order valence-electron chi connectivity index (χ3n) is 1.93. The number of likely N-dealkylation sites (tertiary alicyclic amines) is 1. The van der Waals surface area contributed by atoms with Crippen LogP contribution in [0.15, 0.2) is 0 Å². The Morgan fingerprint density at radius 3 is 2.75 bits per heavy atom. The summed E-state index contributed by atoms with van der Waals surface area (Å²) < 4.78 is 0. The summed E-state index contributed by atoms with van der Waals surface area (Å²) >= 11 is 0. The molecule has 0 radical (unpaired) electrons. The first-order chi connectivity index (χ1) is 5.84. The fourth-order valence-electron chi connectivity index (χ4n) is 1.29. The van der Waals surface area contributed by atoms with Gasteiger partial charge in [0.15, 0.2) is 0 Å². The molecule has 0 aromatic carbocycles. The molecule has 12 heavy (non-hydrogen) atoms. The maximum Gasteiger partial charge on any atom is 0.238 e. The Labute approximate surface area is 72.8 Å². The van der Waals surface area contributed by atoms with Gasteiger partial charge in [0.1, 0.15) is 6.54 Å². The van der Waals surface area contributed by atoms with Crippen molar-refractivity contribution in [3.63, 3.8) is 0 Å². The Hall–Kier alpha value is -0.610. The van der Waals surface area contributed by atoms with Crippen molar-refractivity contribution >= 4 is 5.91 Å². The molecule has 1 saturated heterocycles. The van der Waals surface area contributed by atoms with Crippen LogP contribution in [0.5, 0.6) is 0 Å². The van der Waals surface area contributed by atoms with Gasteiger partial charge in [-0.3, -0.25) is 4.79 Å². The van der Waals surface area contributed by atoms with Crippen LogP contribution in [0.1, 0.15) is 19.8 Å². The highest BCUT2D eigenvalue weighted by molar-refractivity contribution is 5.78. The molecule has 1 heterocycles. The summed E-state index contributed by atoms with van der Waals surface area (Å²) in [6.07, 6.45) is 2.28. The number of amides is 1. The van der Waals surface area contributed by atoms with Crippen molar-refractivity contribution in [1.29, 1.82) is 0 Å². The molecular formula is C8H16N2O2. The second-order valence-electron chi connectivity index (χ2n) is 2.84. The van der Waals surface area contributed by atoms with Gasteiger partial charge >= 0.3 is 0 Å². The number of hydroxylamine groups is 1. The molecule has 1 N–H and O–H groups in total. The molecule has 0 bridgehead atoms. The summed E-state index contributed by atoms with van der Waals surface area (Å²) in [5, 5.41) is 0. The zero-order chi connectivity index (χ0) is 8.81. The van der Waals surface area contributed by atoms with E-state index in [0.717, 1.165) is 25.9 Å². The average molecular weight is 172 g/mol. The topological polar surface area (TPSA) is 41.6 Å². The number of nitrogens with zero attached hydrogens (tertiary/aromatic N) is 1. The Balaban J connectivity index is 2.10. The molecule has 1 aliphatic rings. The largest absolute Gasteiger partial charge is 0.342 e. The summed E-state index contributed by atoms with van der Waals surface area (Å²) in [5.74, 6) is 0.140. The molecule has 0 aromatic rings. The highest BCUT2D eigenvalue weighted by Crippen LogP contribution is 2.06. The predicted molar refractivity (Wildman–Crippen MR) is 45.4 cm³/mol. The molecule has 0 spiro atoms. The molecule has 0 atom stereocenters. The second-order valence-corrected chi connectivity index (χ2v) is 2.84. The summed E-state index contributed by atoms with van der Waals surface area (Å²) in [4.78, 5) is 18.0. The number of hydrogen-bond donors (Lipinski definition) is 1. The SMILES string of the molecule is CCONCC(=O)N1CCCC1. The predicted octanol–water partition coefficient (Wildman–Crippen LogP) is 0.150. The van der Waals surface area contributed by atoms with E-state index in [0.29, 0.717) is 13.2 Å². The Kier molecular flexibility index (Phi) is 4.04. The van der Waals surface area contributed by atoms with Crippen molar-refractivity contribution in [2.45, 2.75) is 19.8 Å². The lowest BCUT2D eigenvalue weighted by Crippen LogP contribution is -2.36. The van der Waals surface area contributed by atoms with Gasteiger partial charge in [0.25, 0.3) is 0 Å². The van der Waals surface area contributed by atoms with Gasteiger partial charge in [0.2, 0.25) is 5.91 Å². The number of nitrogens with one attached hydrogen (secondary N) is 1. The Morgan fingerprint density at radius 1 is 1.50 bits per heavy atom. The summed E-state index contributed by atoms with van der Waals surface area (Å²) in [7, 11) is 0. The number of carbonyl (C=O) groups excluding carboxylic acids is 1. The highest BCUT2D eigenvalue weighted by atomic mass is 16.6. The zero-order valence-corrected chi connectivity index (χ0v) is 7.51. The third-order valence-corrected chi connectivity index (χ3v) is 1.93. The van der Waals surface area contributed by atoms with Crippen LogP contribution in [-0.2, 0) is 9.63 Å². The summed E-state index contributed by atoms with van der Waals surface area (Å²) in [6, 6.07) is 0. The zero-order valence-electron chi connectivity index (χ0n) is 7.51. The minimum Gasteiger partial charge on any atom is -0.342 e. The van der Waals surface area contributed by atoms with E-state index < -0.39 is 0 Å². The summed E-state index contributed by atoms with van der Waals surface area (Å²) in [5.41, 5.74) is 2.62. The quantitative estimate of drug-likeness (QED) is 0.485. The lowest BCUT2D eigenvalue weighted by Gasteiger charge is -2.14. The molecule has 0 aromatic heterocycles.